The third-order valence-corrected chi connectivity index (χ3v) is 4.52. The average Bonchev–Trinajstić information content (AvgIpc) is 3.37. The van der Waals surface area contributed by atoms with Crippen molar-refractivity contribution >= 4 is 11.8 Å². The number of rotatable bonds is 4. The van der Waals surface area contributed by atoms with Crippen molar-refractivity contribution in [3.63, 3.8) is 0 Å². The van der Waals surface area contributed by atoms with Crippen LogP contribution in [0, 0.1) is 5.82 Å². The van der Waals surface area contributed by atoms with Crippen molar-refractivity contribution in [3.05, 3.63) is 35.6 Å². The zero-order valence-electron chi connectivity index (χ0n) is 13.3. The number of hydrogen-bond acceptors (Lipinski definition) is 3. The van der Waals surface area contributed by atoms with Crippen LogP contribution < -0.4 is 5.32 Å². The summed E-state index contributed by atoms with van der Waals surface area (Å²) in [5.41, 5.74) is 0.373. The summed E-state index contributed by atoms with van der Waals surface area (Å²) < 4.78 is 13.2. The summed E-state index contributed by atoms with van der Waals surface area (Å²) in [7, 11) is 0. The SMILES string of the molecule is CC(C(=O)NC1CC1)N1CCN(C(=O)c2cccc(F)c2)CC1. The number of hydrogen-bond donors (Lipinski definition) is 1. The Morgan fingerprint density at radius 3 is 2.52 bits per heavy atom. The van der Waals surface area contributed by atoms with Crippen LogP contribution in [0.4, 0.5) is 4.39 Å². The molecule has 1 aromatic carbocycles. The Bertz CT molecular complexity index is 595. The minimum atomic E-state index is -0.403. The first-order valence-corrected chi connectivity index (χ1v) is 8.14. The summed E-state index contributed by atoms with van der Waals surface area (Å²) in [5.74, 6) is -0.489. The van der Waals surface area contributed by atoms with Crippen molar-refractivity contribution < 1.29 is 14.0 Å². The first-order chi connectivity index (χ1) is 11.0. The monoisotopic (exact) mass is 319 g/mol. The van der Waals surface area contributed by atoms with Gasteiger partial charge in [-0.15, -0.1) is 0 Å². The minimum Gasteiger partial charge on any atom is -0.352 e. The molecule has 2 amide bonds. The van der Waals surface area contributed by atoms with Crippen LogP contribution in [0.5, 0.6) is 0 Å². The van der Waals surface area contributed by atoms with Crippen LogP contribution in [0.15, 0.2) is 24.3 Å². The van der Waals surface area contributed by atoms with Crippen LogP contribution in [0.1, 0.15) is 30.1 Å². The molecule has 2 fully saturated rings. The Labute approximate surface area is 135 Å². The highest BCUT2D eigenvalue weighted by Crippen LogP contribution is 2.19. The molecule has 0 radical (unpaired) electrons. The Balaban J connectivity index is 1.53. The lowest BCUT2D eigenvalue weighted by molar-refractivity contribution is -0.126. The van der Waals surface area contributed by atoms with E-state index in [-0.39, 0.29) is 17.9 Å². The van der Waals surface area contributed by atoms with Gasteiger partial charge in [0.05, 0.1) is 6.04 Å². The number of carbonyl (C=O) groups is 2. The van der Waals surface area contributed by atoms with Gasteiger partial charge in [0.25, 0.3) is 5.91 Å². The molecule has 3 rings (SSSR count). The molecule has 0 aromatic heterocycles. The molecule has 1 heterocycles. The van der Waals surface area contributed by atoms with Gasteiger partial charge in [0, 0.05) is 37.8 Å². The molecule has 0 bridgehead atoms. The second-order valence-corrected chi connectivity index (χ2v) is 6.30. The predicted molar refractivity (Wildman–Crippen MR) is 84.5 cm³/mol. The highest BCUT2D eigenvalue weighted by Gasteiger charge is 2.31. The molecule has 1 aliphatic carbocycles. The Kier molecular flexibility index (Phi) is 4.61. The quantitative estimate of drug-likeness (QED) is 0.909. The van der Waals surface area contributed by atoms with E-state index in [1.54, 1.807) is 17.0 Å². The third-order valence-electron chi connectivity index (χ3n) is 4.52. The molecule has 0 spiro atoms. The number of nitrogens with zero attached hydrogens (tertiary/aromatic N) is 2. The molecule has 23 heavy (non-hydrogen) atoms. The van der Waals surface area contributed by atoms with Crippen molar-refractivity contribution in [2.24, 2.45) is 0 Å². The first kappa shape index (κ1) is 15.9. The van der Waals surface area contributed by atoms with Crippen molar-refractivity contribution in [2.45, 2.75) is 31.8 Å². The Hall–Kier alpha value is -1.95. The van der Waals surface area contributed by atoms with Crippen molar-refractivity contribution in [1.29, 1.82) is 0 Å². The summed E-state index contributed by atoms with van der Waals surface area (Å²) in [6.07, 6.45) is 2.16. The molecule has 1 aliphatic heterocycles. The maximum absolute atomic E-state index is 13.2. The second kappa shape index (κ2) is 6.66. The van der Waals surface area contributed by atoms with Gasteiger partial charge >= 0.3 is 0 Å². The van der Waals surface area contributed by atoms with E-state index in [9.17, 15) is 14.0 Å². The van der Waals surface area contributed by atoms with Crippen molar-refractivity contribution in [2.75, 3.05) is 26.2 Å². The molecule has 1 atom stereocenters. The van der Waals surface area contributed by atoms with Crippen LogP contribution in [0.2, 0.25) is 0 Å². The Morgan fingerprint density at radius 1 is 1.22 bits per heavy atom. The molecule has 1 unspecified atom stereocenters. The minimum absolute atomic E-state index is 0.0670. The van der Waals surface area contributed by atoms with E-state index in [4.69, 9.17) is 0 Å². The van der Waals surface area contributed by atoms with E-state index in [0.29, 0.717) is 37.8 Å². The van der Waals surface area contributed by atoms with E-state index in [1.807, 2.05) is 6.92 Å². The van der Waals surface area contributed by atoms with Gasteiger partial charge in [0.1, 0.15) is 5.82 Å². The fourth-order valence-electron chi connectivity index (χ4n) is 2.83. The summed E-state index contributed by atoms with van der Waals surface area (Å²) in [5, 5.41) is 3.01. The molecule has 5 nitrogen and oxygen atoms in total. The van der Waals surface area contributed by atoms with Gasteiger partial charge < -0.3 is 10.2 Å². The second-order valence-electron chi connectivity index (χ2n) is 6.30. The number of carbonyl (C=O) groups excluding carboxylic acids is 2. The van der Waals surface area contributed by atoms with Crippen LogP contribution in [-0.4, -0.2) is 59.9 Å². The van der Waals surface area contributed by atoms with E-state index < -0.39 is 5.82 Å². The maximum Gasteiger partial charge on any atom is 0.254 e. The largest absolute Gasteiger partial charge is 0.352 e. The predicted octanol–water partition coefficient (Wildman–Crippen LogP) is 1.25. The van der Waals surface area contributed by atoms with E-state index >= 15 is 0 Å². The van der Waals surface area contributed by atoms with E-state index in [0.717, 1.165) is 12.8 Å². The molecule has 6 heteroatoms. The summed E-state index contributed by atoms with van der Waals surface area (Å²) in [6, 6.07) is 5.95. The van der Waals surface area contributed by atoms with Gasteiger partial charge in [-0.3, -0.25) is 14.5 Å². The Morgan fingerprint density at radius 2 is 1.91 bits per heavy atom. The van der Waals surface area contributed by atoms with Crippen LogP contribution in [-0.2, 0) is 4.79 Å². The number of amides is 2. The van der Waals surface area contributed by atoms with Crippen LogP contribution in [0.25, 0.3) is 0 Å². The van der Waals surface area contributed by atoms with Gasteiger partial charge in [-0.05, 0) is 38.0 Å². The molecular weight excluding hydrogens is 297 g/mol. The zero-order valence-corrected chi connectivity index (χ0v) is 13.3. The average molecular weight is 319 g/mol. The summed E-state index contributed by atoms with van der Waals surface area (Å²) in [6.45, 7) is 4.31. The van der Waals surface area contributed by atoms with Gasteiger partial charge in [-0.1, -0.05) is 6.07 Å². The number of benzene rings is 1. The fourth-order valence-corrected chi connectivity index (χ4v) is 2.83. The lowest BCUT2D eigenvalue weighted by atomic mass is 10.1. The molecule has 2 aliphatic rings. The van der Waals surface area contributed by atoms with E-state index in [2.05, 4.69) is 10.2 Å². The molecular formula is C17H22FN3O2. The lowest BCUT2D eigenvalue weighted by Crippen LogP contribution is -2.55. The smallest absolute Gasteiger partial charge is 0.254 e. The van der Waals surface area contributed by atoms with Gasteiger partial charge in [0.15, 0.2) is 0 Å². The molecule has 1 N–H and O–H groups in total. The molecule has 1 saturated heterocycles. The molecule has 1 aromatic rings. The van der Waals surface area contributed by atoms with Crippen molar-refractivity contribution in [1.82, 2.24) is 15.1 Å². The number of halogens is 1. The lowest BCUT2D eigenvalue weighted by Gasteiger charge is -2.37. The van der Waals surface area contributed by atoms with Gasteiger partial charge in [0.2, 0.25) is 5.91 Å². The fraction of sp³-hybridized carbons (Fsp3) is 0.529. The topological polar surface area (TPSA) is 52.7 Å². The molecule has 1 saturated carbocycles. The highest BCUT2D eigenvalue weighted by molar-refractivity contribution is 5.94. The summed E-state index contributed by atoms with van der Waals surface area (Å²) in [4.78, 5) is 28.3. The molecule has 124 valence electrons. The summed E-state index contributed by atoms with van der Waals surface area (Å²) >= 11 is 0. The van der Waals surface area contributed by atoms with Gasteiger partial charge in [-0.2, -0.15) is 0 Å². The van der Waals surface area contributed by atoms with E-state index in [1.165, 1.54) is 12.1 Å². The highest BCUT2D eigenvalue weighted by atomic mass is 19.1. The first-order valence-electron chi connectivity index (χ1n) is 8.14. The number of piperazine rings is 1. The van der Waals surface area contributed by atoms with Crippen molar-refractivity contribution in [3.8, 4) is 0 Å². The van der Waals surface area contributed by atoms with Gasteiger partial charge in [-0.25, -0.2) is 4.39 Å². The zero-order chi connectivity index (χ0) is 16.4. The van der Waals surface area contributed by atoms with Crippen LogP contribution in [0.3, 0.4) is 0 Å². The van der Waals surface area contributed by atoms with Crippen LogP contribution >= 0.6 is 0 Å². The standard InChI is InChI=1S/C17H22FN3O2/c1-12(16(22)19-15-5-6-15)20-7-9-21(10-8-20)17(23)13-3-2-4-14(18)11-13/h2-4,11-12,15H,5-10H2,1H3,(H,19,22). The third kappa shape index (κ3) is 3.88. The maximum atomic E-state index is 13.2. The normalized spacial score (nSPS) is 20.2. The number of nitrogens with one attached hydrogen (secondary N) is 1.